The highest BCUT2D eigenvalue weighted by molar-refractivity contribution is 6.11. The lowest BCUT2D eigenvalue weighted by Crippen LogP contribution is -2.53. The molecule has 2 aromatic heterocycles. The van der Waals surface area contributed by atoms with E-state index in [1.807, 2.05) is 26.1 Å². The van der Waals surface area contributed by atoms with Crippen LogP contribution in [0.3, 0.4) is 0 Å². The first kappa shape index (κ1) is 12.0. The lowest BCUT2D eigenvalue weighted by Gasteiger charge is -2.35. The maximum Gasteiger partial charge on any atom is 0.252 e. The van der Waals surface area contributed by atoms with Gasteiger partial charge in [-0.25, -0.2) is 4.98 Å². The molecule has 0 bridgehead atoms. The zero-order chi connectivity index (χ0) is 13.5. The molecule has 0 saturated heterocycles. The maximum absolute atomic E-state index is 12.2. The minimum absolute atomic E-state index is 0.106. The van der Waals surface area contributed by atoms with Crippen LogP contribution >= 0.6 is 0 Å². The lowest BCUT2D eigenvalue weighted by atomic mass is 9.98. The number of nitrogens with zero attached hydrogens (tertiary/aromatic N) is 1. The number of rotatable bonds is 3. The SMILES string of the molecule is CCOC[C@]1(C)Nc2c(cnc3[nH]ccc23)NC1=O. The number of fused-ring (bicyclic) bond motifs is 3. The van der Waals surface area contributed by atoms with Crippen molar-refractivity contribution in [3.8, 4) is 0 Å². The van der Waals surface area contributed by atoms with Gasteiger partial charge in [-0.15, -0.1) is 0 Å². The van der Waals surface area contributed by atoms with Gasteiger partial charge < -0.3 is 20.4 Å². The van der Waals surface area contributed by atoms with Gasteiger partial charge in [0.05, 0.1) is 24.2 Å². The predicted molar refractivity (Wildman–Crippen MR) is 73.2 cm³/mol. The fourth-order valence-corrected chi connectivity index (χ4v) is 2.24. The molecule has 2 aromatic rings. The van der Waals surface area contributed by atoms with E-state index in [1.165, 1.54) is 0 Å². The van der Waals surface area contributed by atoms with Crippen molar-refractivity contribution in [3.63, 3.8) is 0 Å². The molecule has 1 amide bonds. The molecule has 3 heterocycles. The summed E-state index contributed by atoms with van der Waals surface area (Å²) in [5, 5.41) is 7.13. The predicted octanol–water partition coefficient (Wildman–Crippen LogP) is 1.72. The van der Waals surface area contributed by atoms with Crippen molar-refractivity contribution >= 4 is 28.3 Å². The Morgan fingerprint density at radius 3 is 3.11 bits per heavy atom. The van der Waals surface area contributed by atoms with E-state index in [4.69, 9.17) is 4.74 Å². The number of H-pyrrole nitrogens is 1. The van der Waals surface area contributed by atoms with Crippen LogP contribution in [0.5, 0.6) is 0 Å². The third-order valence-electron chi connectivity index (χ3n) is 3.33. The van der Waals surface area contributed by atoms with Crippen molar-refractivity contribution in [1.29, 1.82) is 0 Å². The number of aromatic amines is 1. The number of hydrogen-bond donors (Lipinski definition) is 3. The molecule has 6 heteroatoms. The number of amides is 1. The van der Waals surface area contributed by atoms with Crippen LogP contribution in [0.1, 0.15) is 13.8 Å². The molecule has 0 spiro atoms. The van der Waals surface area contributed by atoms with E-state index in [9.17, 15) is 4.79 Å². The second kappa shape index (κ2) is 4.24. The first-order chi connectivity index (χ1) is 9.14. The molecule has 6 nitrogen and oxygen atoms in total. The topological polar surface area (TPSA) is 79.0 Å². The summed E-state index contributed by atoms with van der Waals surface area (Å²) in [5.74, 6) is -0.106. The first-order valence-corrected chi connectivity index (χ1v) is 6.27. The Bertz CT molecular complexity index is 637. The summed E-state index contributed by atoms with van der Waals surface area (Å²) in [6.07, 6.45) is 3.48. The smallest absolute Gasteiger partial charge is 0.252 e. The Hall–Kier alpha value is -2.08. The maximum atomic E-state index is 12.2. The van der Waals surface area contributed by atoms with E-state index in [2.05, 4.69) is 20.6 Å². The van der Waals surface area contributed by atoms with E-state index in [0.717, 1.165) is 16.7 Å². The van der Waals surface area contributed by atoms with Crippen LogP contribution in [0, 0.1) is 0 Å². The van der Waals surface area contributed by atoms with E-state index < -0.39 is 5.54 Å². The molecular formula is C13H16N4O2. The molecule has 3 N–H and O–H groups in total. The van der Waals surface area contributed by atoms with Crippen molar-refractivity contribution in [1.82, 2.24) is 9.97 Å². The largest absolute Gasteiger partial charge is 0.379 e. The van der Waals surface area contributed by atoms with E-state index in [1.54, 1.807) is 6.20 Å². The zero-order valence-corrected chi connectivity index (χ0v) is 10.9. The van der Waals surface area contributed by atoms with Crippen LogP contribution in [0.15, 0.2) is 18.5 Å². The van der Waals surface area contributed by atoms with Gasteiger partial charge in [-0.1, -0.05) is 0 Å². The van der Waals surface area contributed by atoms with Gasteiger partial charge >= 0.3 is 0 Å². The number of pyridine rings is 1. The van der Waals surface area contributed by atoms with Gasteiger partial charge in [-0.3, -0.25) is 4.79 Å². The zero-order valence-electron chi connectivity index (χ0n) is 10.9. The second-order valence-corrected chi connectivity index (χ2v) is 4.84. The van der Waals surface area contributed by atoms with E-state index >= 15 is 0 Å². The Balaban J connectivity index is 2.04. The molecule has 0 saturated carbocycles. The second-order valence-electron chi connectivity index (χ2n) is 4.84. The fourth-order valence-electron chi connectivity index (χ4n) is 2.24. The van der Waals surface area contributed by atoms with Crippen LogP contribution in [-0.4, -0.2) is 34.6 Å². The third kappa shape index (κ3) is 1.84. The molecule has 0 fully saturated rings. The van der Waals surface area contributed by atoms with Gasteiger partial charge in [0.1, 0.15) is 11.2 Å². The number of ether oxygens (including phenoxy) is 1. The lowest BCUT2D eigenvalue weighted by molar-refractivity contribution is -0.122. The molecule has 1 aliphatic rings. The summed E-state index contributed by atoms with van der Waals surface area (Å²) in [4.78, 5) is 19.5. The standard InChI is InChI=1S/C13H16N4O2/c1-3-19-7-13(2)12(18)16-9-6-15-11-8(4-5-14-11)10(9)17-13/h4-6,17H,3,7H2,1-2H3,(H,14,15)(H,16,18)/t13-/m0/s1. The van der Waals surface area contributed by atoms with Crippen molar-refractivity contribution in [2.24, 2.45) is 0 Å². The number of hydrogen-bond acceptors (Lipinski definition) is 4. The Morgan fingerprint density at radius 1 is 1.47 bits per heavy atom. The number of anilines is 2. The van der Waals surface area contributed by atoms with Crippen LogP contribution in [0.4, 0.5) is 11.4 Å². The number of carbonyl (C=O) groups is 1. The highest BCUT2D eigenvalue weighted by Crippen LogP contribution is 2.35. The van der Waals surface area contributed by atoms with Gasteiger partial charge in [0.2, 0.25) is 0 Å². The highest BCUT2D eigenvalue weighted by atomic mass is 16.5. The molecule has 0 aromatic carbocycles. The normalized spacial score (nSPS) is 21.9. The number of nitrogens with one attached hydrogen (secondary N) is 3. The molecule has 0 radical (unpaired) electrons. The Morgan fingerprint density at radius 2 is 2.32 bits per heavy atom. The molecular weight excluding hydrogens is 244 g/mol. The van der Waals surface area contributed by atoms with Crippen molar-refractivity contribution in [2.45, 2.75) is 19.4 Å². The van der Waals surface area contributed by atoms with Crippen LogP contribution < -0.4 is 10.6 Å². The summed E-state index contributed by atoms with van der Waals surface area (Å²) < 4.78 is 5.41. The third-order valence-corrected chi connectivity index (χ3v) is 3.33. The van der Waals surface area contributed by atoms with E-state index in [-0.39, 0.29) is 5.91 Å². The molecule has 0 aliphatic carbocycles. The van der Waals surface area contributed by atoms with E-state index in [0.29, 0.717) is 18.9 Å². The minimum atomic E-state index is -0.769. The van der Waals surface area contributed by atoms with Gasteiger partial charge in [-0.2, -0.15) is 0 Å². The monoisotopic (exact) mass is 260 g/mol. The molecule has 100 valence electrons. The van der Waals surface area contributed by atoms with Gasteiger partial charge in [-0.05, 0) is 19.9 Å². The molecule has 19 heavy (non-hydrogen) atoms. The van der Waals surface area contributed by atoms with Gasteiger partial charge in [0.25, 0.3) is 5.91 Å². The van der Waals surface area contributed by atoms with Crippen LogP contribution in [-0.2, 0) is 9.53 Å². The Labute approximate surface area is 110 Å². The van der Waals surface area contributed by atoms with Crippen molar-refractivity contribution in [3.05, 3.63) is 18.5 Å². The van der Waals surface area contributed by atoms with Crippen LogP contribution in [0.25, 0.3) is 11.0 Å². The molecule has 1 atom stereocenters. The minimum Gasteiger partial charge on any atom is -0.379 e. The highest BCUT2D eigenvalue weighted by Gasteiger charge is 2.38. The summed E-state index contributed by atoms with van der Waals surface area (Å²) in [5.41, 5.74) is 1.61. The first-order valence-electron chi connectivity index (χ1n) is 6.27. The average Bonchev–Trinajstić information content (AvgIpc) is 2.87. The van der Waals surface area contributed by atoms with Crippen molar-refractivity contribution < 1.29 is 9.53 Å². The molecule has 3 rings (SSSR count). The number of carbonyl (C=O) groups excluding carboxylic acids is 1. The van der Waals surface area contributed by atoms with Crippen LogP contribution in [0.2, 0.25) is 0 Å². The van der Waals surface area contributed by atoms with Gasteiger partial charge in [0, 0.05) is 18.2 Å². The molecule has 1 aliphatic heterocycles. The van der Waals surface area contributed by atoms with Gasteiger partial charge in [0.15, 0.2) is 0 Å². The fraction of sp³-hybridized carbons (Fsp3) is 0.385. The quantitative estimate of drug-likeness (QED) is 0.785. The Kier molecular flexibility index (Phi) is 2.67. The average molecular weight is 260 g/mol. The number of aromatic nitrogens is 2. The summed E-state index contributed by atoms with van der Waals surface area (Å²) in [7, 11) is 0. The summed E-state index contributed by atoms with van der Waals surface area (Å²) in [6, 6.07) is 1.94. The summed E-state index contributed by atoms with van der Waals surface area (Å²) in [6.45, 7) is 4.64. The van der Waals surface area contributed by atoms with Crippen molar-refractivity contribution in [2.75, 3.05) is 23.8 Å². The summed E-state index contributed by atoms with van der Waals surface area (Å²) >= 11 is 0. The molecule has 0 unspecified atom stereocenters.